The van der Waals surface area contributed by atoms with Gasteiger partial charge in [0.2, 0.25) is 5.91 Å². The smallest absolute Gasteiger partial charge is 0.243 e. The number of para-hydroxylation sites is 1. The van der Waals surface area contributed by atoms with Gasteiger partial charge >= 0.3 is 0 Å². The third-order valence-electron chi connectivity index (χ3n) is 4.06. The van der Waals surface area contributed by atoms with E-state index in [9.17, 15) is 9.18 Å². The second kappa shape index (κ2) is 5.79. The zero-order valence-electron chi connectivity index (χ0n) is 12.8. The van der Waals surface area contributed by atoms with E-state index in [4.69, 9.17) is 0 Å². The fraction of sp³-hybridized carbons (Fsp3) is 0.278. The van der Waals surface area contributed by atoms with Crippen molar-refractivity contribution in [1.29, 1.82) is 0 Å². The van der Waals surface area contributed by atoms with Crippen molar-refractivity contribution in [2.75, 3.05) is 16.8 Å². The van der Waals surface area contributed by atoms with Crippen LogP contribution >= 0.6 is 0 Å². The molecule has 1 atom stereocenters. The molecule has 0 fully saturated rings. The van der Waals surface area contributed by atoms with Crippen molar-refractivity contribution in [3.05, 3.63) is 59.4 Å². The van der Waals surface area contributed by atoms with E-state index < -0.39 is 5.82 Å². The lowest BCUT2D eigenvalue weighted by Crippen LogP contribution is -2.37. The Kier molecular flexibility index (Phi) is 3.84. The Morgan fingerprint density at radius 3 is 2.86 bits per heavy atom. The number of benzene rings is 2. The number of hydrogen-bond donors (Lipinski definition) is 1. The van der Waals surface area contributed by atoms with Crippen molar-refractivity contribution in [3.63, 3.8) is 0 Å². The summed E-state index contributed by atoms with van der Waals surface area (Å²) in [7, 11) is 0. The first kappa shape index (κ1) is 14.6. The quantitative estimate of drug-likeness (QED) is 0.940. The fourth-order valence-electron chi connectivity index (χ4n) is 2.94. The molecule has 3 rings (SSSR count). The van der Waals surface area contributed by atoms with Crippen LogP contribution in [0.5, 0.6) is 0 Å². The van der Waals surface area contributed by atoms with E-state index in [1.165, 1.54) is 11.6 Å². The van der Waals surface area contributed by atoms with Crippen LogP contribution in [0, 0.1) is 12.7 Å². The minimum Gasteiger partial charge on any atom is -0.359 e. The first-order valence-corrected chi connectivity index (χ1v) is 7.45. The van der Waals surface area contributed by atoms with E-state index in [-0.39, 0.29) is 24.2 Å². The second-order valence-corrected chi connectivity index (χ2v) is 5.84. The van der Waals surface area contributed by atoms with Gasteiger partial charge in [-0.15, -0.1) is 0 Å². The predicted octanol–water partition coefficient (Wildman–Crippen LogP) is 3.52. The number of nitrogens with one attached hydrogen (secondary N) is 1. The molecule has 1 N–H and O–H groups in total. The molecule has 2 aromatic rings. The summed E-state index contributed by atoms with van der Waals surface area (Å²) in [6.07, 6.45) is 0.933. The van der Waals surface area contributed by atoms with Crippen molar-refractivity contribution < 1.29 is 9.18 Å². The summed E-state index contributed by atoms with van der Waals surface area (Å²) >= 11 is 0. The summed E-state index contributed by atoms with van der Waals surface area (Å²) in [6, 6.07) is 13.2. The second-order valence-electron chi connectivity index (χ2n) is 5.84. The third-order valence-corrected chi connectivity index (χ3v) is 4.06. The molecule has 0 aliphatic carbocycles. The standard InChI is InChI=1S/C18H19FN2O/c1-12-7-8-16(15(19)9-12)20-18(22)11-21-13(2)10-14-5-3-4-6-17(14)21/h3-9,13H,10-11H2,1-2H3,(H,20,22)/t13-/m0/s1. The van der Waals surface area contributed by atoms with E-state index in [1.54, 1.807) is 12.1 Å². The summed E-state index contributed by atoms with van der Waals surface area (Å²) < 4.78 is 13.8. The van der Waals surface area contributed by atoms with Crippen LogP contribution in [-0.4, -0.2) is 18.5 Å². The van der Waals surface area contributed by atoms with Crippen LogP contribution in [0.3, 0.4) is 0 Å². The van der Waals surface area contributed by atoms with Crippen molar-refractivity contribution in [2.24, 2.45) is 0 Å². The molecule has 0 radical (unpaired) electrons. The van der Waals surface area contributed by atoms with Gasteiger partial charge in [-0.25, -0.2) is 4.39 Å². The van der Waals surface area contributed by atoms with E-state index in [0.717, 1.165) is 17.7 Å². The highest BCUT2D eigenvalue weighted by Gasteiger charge is 2.27. The molecule has 1 heterocycles. The van der Waals surface area contributed by atoms with E-state index in [0.29, 0.717) is 0 Å². The van der Waals surface area contributed by atoms with E-state index in [1.807, 2.05) is 25.1 Å². The summed E-state index contributed by atoms with van der Waals surface area (Å²) in [5.41, 5.74) is 3.41. The number of rotatable bonds is 3. The number of halogens is 1. The first-order chi connectivity index (χ1) is 10.5. The lowest BCUT2D eigenvalue weighted by molar-refractivity contribution is -0.115. The number of aryl methyl sites for hydroxylation is 1. The van der Waals surface area contributed by atoms with Crippen molar-refractivity contribution in [3.8, 4) is 0 Å². The molecule has 1 aliphatic heterocycles. The van der Waals surface area contributed by atoms with Gasteiger partial charge in [0.05, 0.1) is 12.2 Å². The van der Waals surface area contributed by atoms with Gasteiger partial charge in [0.25, 0.3) is 0 Å². The molecule has 22 heavy (non-hydrogen) atoms. The van der Waals surface area contributed by atoms with Crippen LogP contribution in [0.2, 0.25) is 0 Å². The maximum absolute atomic E-state index is 13.8. The van der Waals surface area contributed by atoms with Crippen LogP contribution < -0.4 is 10.2 Å². The number of carbonyl (C=O) groups excluding carboxylic acids is 1. The van der Waals surface area contributed by atoms with Crippen LogP contribution in [0.15, 0.2) is 42.5 Å². The van der Waals surface area contributed by atoms with Crippen LogP contribution in [0.1, 0.15) is 18.1 Å². The fourth-order valence-corrected chi connectivity index (χ4v) is 2.94. The molecular formula is C18H19FN2O. The molecule has 0 aromatic heterocycles. The molecule has 114 valence electrons. The summed E-state index contributed by atoms with van der Waals surface area (Å²) in [6.45, 7) is 4.14. The molecule has 0 saturated heterocycles. The molecular weight excluding hydrogens is 279 g/mol. The number of fused-ring (bicyclic) bond motifs is 1. The van der Waals surface area contributed by atoms with Crippen LogP contribution in [0.4, 0.5) is 15.8 Å². The van der Waals surface area contributed by atoms with Gasteiger partial charge in [-0.3, -0.25) is 4.79 Å². The molecule has 0 saturated carbocycles. The zero-order chi connectivity index (χ0) is 15.7. The Bertz CT molecular complexity index is 714. The van der Waals surface area contributed by atoms with Gasteiger partial charge in [0, 0.05) is 11.7 Å². The topological polar surface area (TPSA) is 32.3 Å². The average Bonchev–Trinajstić information content (AvgIpc) is 2.78. The molecule has 2 aromatic carbocycles. The largest absolute Gasteiger partial charge is 0.359 e. The SMILES string of the molecule is Cc1ccc(NC(=O)CN2c3ccccc3C[C@@H]2C)c(F)c1. The Morgan fingerprint density at radius 1 is 1.32 bits per heavy atom. The van der Waals surface area contributed by atoms with E-state index in [2.05, 4.69) is 23.2 Å². The van der Waals surface area contributed by atoms with Gasteiger partial charge in [-0.2, -0.15) is 0 Å². The average molecular weight is 298 g/mol. The van der Waals surface area contributed by atoms with Crippen molar-refractivity contribution in [2.45, 2.75) is 26.3 Å². The minimum atomic E-state index is -0.400. The zero-order valence-corrected chi connectivity index (χ0v) is 12.8. The molecule has 0 spiro atoms. The predicted molar refractivity (Wildman–Crippen MR) is 86.7 cm³/mol. The van der Waals surface area contributed by atoms with Crippen LogP contribution in [0.25, 0.3) is 0 Å². The van der Waals surface area contributed by atoms with Gasteiger partial charge in [0.15, 0.2) is 0 Å². The molecule has 1 aliphatic rings. The number of nitrogens with zero attached hydrogens (tertiary/aromatic N) is 1. The highest BCUT2D eigenvalue weighted by molar-refractivity contribution is 5.94. The summed E-state index contributed by atoms with van der Waals surface area (Å²) in [4.78, 5) is 14.3. The summed E-state index contributed by atoms with van der Waals surface area (Å²) in [5, 5.41) is 2.66. The maximum atomic E-state index is 13.8. The number of anilines is 2. The molecule has 4 heteroatoms. The minimum absolute atomic E-state index is 0.202. The Labute approximate surface area is 129 Å². The van der Waals surface area contributed by atoms with Gasteiger partial charge < -0.3 is 10.2 Å². The lowest BCUT2D eigenvalue weighted by Gasteiger charge is -2.24. The normalized spacial score (nSPS) is 16.5. The Hall–Kier alpha value is -2.36. The summed E-state index contributed by atoms with van der Waals surface area (Å²) in [5.74, 6) is -0.602. The Balaban J connectivity index is 1.72. The van der Waals surface area contributed by atoms with Gasteiger partial charge in [0.1, 0.15) is 5.82 Å². The van der Waals surface area contributed by atoms with Gasteiger partial charge in [-0.1, -0.05) is 24.3 Å². The van der Waals surface area contributed by atoms with Crippen LogP contribution in [-0.2, 0) is 11.2 Å². The molecule has 3 nitrogen and oxygen atoms in total. The highest BCUT2D eigenvalue weighted by Crippen LogP contribution is 2.31. The monoisotopic (exact) mass is 298 g/mol. The molecule has 0 unspecified atom stereocenters. The third kappa shape index (κ3) is 2.82. The molecule has 1 amide bonds. The number of carbonyl (C=O) groups is 1. The maximum Gasteiger partial charge on any atom is 0.243 e. The Morgan fingerprint density at radius 2 is 2.09 bits per heavy atom. The van der Waals surface area contributed by atoms with Crippen molar-refractivity contribution in [1.82, 2.24) is 0 Å². The van der Waals surface area contributed by atoms with Gasteiger partial charge in [-0.05, 0) is 49.6 Å². The number of amides is 1. The number of hydrogen-bond acceptors (Lipinski definition) is 2. The van der Waals surface area contributed by atoms with Crippen molar-refractivity contribution >= 4 is 17.3 Å². The highest BCUT2D eigenvalue weighted by atomic mass is 19.1. The molecule has 0 bridgehead atoms. The van der Waals surface area contributed by atoms with E-state index >= 15 is 0 Å². The lowest BCUT2D eigenvalue weighted by atomic mass is 10.1. The first-order valence-electron chi connectivity index (χ1n) is 7.45.